The number of carbonyl (C=O) groups is 1. The van der Waals surface area contributed by atoms with Gasteiger partial charge < -0.3 is 14.8 Å². The maximum absolute atomic E-state index is 13.1. The van der Waals surface area contributed by atoms with E-state index in [1.807, 2.05) is 78.9 Å². The third-order valence-electron chi connectivity index (χ3n) is 6.34. The number of benzene rings is 5. The van der Waals surface area contributed by atoms with E-state index in [0.29, 0.717) is 39.4 Å². The summed E-state index contributed by atoms with van der Waals surface area (Å²) in [6.45, 7) is 0.621. The molecule has 0 aromatic heterocycles. The molecule has 5 rings (SSSR count). The topological polar surface area (TPSA) is 71.3 Å². The molecule has 0 saturated carbocycles. The van der Waals surface area contributed by atoms with Gasteiger partial charge in [0.25, 0.3) is 5.91 Å². The molecule has 5 aromatic carbocycles. The zero-order valence-electron chi connectivity index (χ0n) is 21.8. The molecule has 0 spiro atoms. The van der Waals surface area contributed by atoms with Gasteiger partial charge in [0.05, 0.1) is 0 Å². The van der Waals surface area contributed by atoms with Gasteiger partial charge in [0.15, 0.2) is 0 Å². The second kappa shape index (κ2) is 13.1. The SMILES string of the molecule is N#C/C(=C\c1c(OCc2ccccc2)ccc2ccccc12)C(=O)Nc1ccc(OCc2ccc(Cl)cc2Cl)cc1. The minimum Gasteiger partial charge on any atom is -0.489 e. The summed E-state index contributed by atoms with van der Waals surface area (Å²) in [5.74, 6) is 0.646. The standard InChI is InChI=1S/C34H24Cl2N2O3/c35-27-12-10-25(32(36)19-27)22-40-29-15-13-28(14-16-29)38-34(39)26(20-37)18-31-30-9-5-4-8-24(30)11-17-33(31)41-21-23-6-2-1-3-7-23/h1-19H,21-22H2,(H,38,39)/b26-18+. The van der Waals surface area contributed by atoms with Gasteiger partial charge in [-0.2, -0.15) is 5.26 Å². The van der Waals surface area contributed by atoms with E-state index < -0.39 is 5.91 Å². The first-order valence-corrected chi connectivity index (χ1v) is 13.5. The fourth-order valence-corrected chi connectivity index (χ4v) is 4.67. The normalized spacial score (nSPS) is 11.1. The summed E-state index contributed by atoms with van der Waals surface area (Å²) < 4.78 is 12.0. The quantitative estimate of drug-likeness (QED) is 0.140. The second-order valence-electron chi connectivity index (χ2n) is 9.15. The predicted molar refractivity (Wildman–Crippen MR) is 164 cm³/mol. The molecule has 7 heteroatoms. The molecule has 1 N–H and O–H groups in total. The fourth-order valence-electron chi connectivity index (χ4n) is 4.21. The Hall–Kier alpha value is -4.76. The predicted octanol–water partition coefficient (Wildman–Crippen LogP) is 8.85. The highest BCUT2D eigenvalue weighted by atomic mass is 35.5. The third-order valence-corrected chi connectivity index (χ3v) is 6.93. The van der Waals surface area contributed by atoms with E-state index in [4.69, 9.17) is 32.7 Å². The number of nitrogens with one attached hydrogen (secondary N) is 1. The molecule has 0 fully saturated rings. The molecular formula is C34H24Cl2N2O3. The van der Waals surface area contributed by atoms with Crippen molar-refractivity contribution in [1.82, 2.24) is 0 Å². The van der Waals surface area contributed by atoms with E-state index in [1.54, 1.807) is 42.5 Å². The number of nitrogens with zero attached hydrogens (tertiary/aromatic N) is 1. The molecule has 41 heavy (non-hydrogen) atoms. The van der Waals surface area contributed by atoms with Crippen molar-refractivity contribution in [2.24, 2.45) is 0 Å². The lowest BCUT2D eigenvalue weighted by Crippen LogP contribution is -2.13. The molecule has 1 amide bonds. The lowest BCUT2D eigenvalue weighted by molar-refractivity contribution is -0.112. The van der Waals surface area contributed by atoms with Crippen LogP contribution < -0.4 is 14.8 Å². The van der Waals surface area contributed by atoms with Crippen molar-refractivity contribution in [3.05, 3.63) is 142 Å². The van der Waals surface area contributed by atoms with E-state index in [2.05, 4.69) is 5.32 Å². The minimum absolute atomic E-state index is 0.0522. The summed E-state index contributed by atoms with van der Waals surface area (Å²) in [7, 11) is 0. The van der Waals surface area contributed by atoms with Crippen LogP contribution >= 0.6 is 23.2 Å². The van der Waals surface area contributed by atoms with Crippen LogP contribution in [0.15, 0.2) is 115 Å². The third kappa shape index (κ3) is 7.06. The van der Waals surface area contributed by atoms with Gasteiger partial charge >= 0.3 is 0 Å². The van der Waals surface area contributed by atoms with E-state index in [9.17, 15) is 10.1 Å². The van der Waals surface area contributed by atoms with Crippen LogP contribution in [0.5, 0.6) is 11.5 Å². The van der Waals surface area contributed by atoms with Gasteiger partial charge in [-0.1, -0.05) is 89.9 Å². The van der Waals surface area contributed by atoms with Crippen LogP contribution in [-0.2, 0) is 18.0 Å². The van der Waals surface area contributed by atoms with Crippen LogP contribution in [0.25, 0.3) is 16.8 Å². The van der Waals surface area contributed by atoms with Crippen LogP contribution in [0.1, 0.15) is 16.7 Å². The molecule has 0 aliphatic carbocycles. The number of rotatable bonds is 9. The van der Waals surface area contributed by atoms with Crippen molar-refractivity contribution >= 4 is 51.6 Å². The fraction of sp³-hybridized carbons (Fsp3) is 0.0588. The number of halogens is 2. The lowest BCUT2D eigenvalue weighted by Gasteiger charge is -2.13. The number of carbonyl (C=O) groups excluding carboxylic acids is 1. The molecule has 5 nitrogen and oxygen atoms in total. The number of amides is 1. The van der Waals surface area contributed by atoms with E-state index >= 15 is 0 Å². The maximum atomic E-state index is 13.1. The highest BCUT2D eigenvalue weighted by Gasteiger charge is 2.14. The summed E-state index contributed by atoms with van der Waals surface area (Å²) >= 11 is 12.2. The Labute approximate surface area is 248 Å². The number of fused-ring (bicyclic) bond motifs is 1. The molecule has 0 heterocycles. The summed E-state index contributed by atoms with van der Waals surface area (Å²) in [5, 5.41) is 15.6. The zero-order valence-corrected chi connectivity index (χ0v) is 23.3. The molecule has 0 atom stereocenters. The van der Waals surface area contributed by atoms with Gasteiger partial charge in [-0.05, 0) is 64.9 Å². The van der Waals surface area contributed by atoms with Gasteiger partial charge in [0, 0.05) is 26.9 Å². The molecule has 0 unspecified atom stereocenters. The number of anilines is 1. The van der Waals surface area contributed by atoms with Crippen molar-refractivity contribution < 1.29 is 14.3 Å². The Bertz CT molecular complexity index is 1760. The van der Waals surface area contributed by atoms with Crippen LogP contribution in [0.3, 0.4) is 0 Å². The summed E-state index contributed by atoms with van der Waals surface area (Å²) in [6, 6.07) is 35.5. The molecule has 0 bridgehead atoms. The first-order valence-electron chi connectivity index (χ1n) is 12.8. The molecule has 202 valence electrons. The largest absolute Gasteiger partial charge is 0.489 e. The molecule has 0 saturated heterocycles. The number of ether oxygens (including phenoxy) is 2. The van der Waals surface area contributed by atoms with E-state index in [-0.39, 0.29) is 12.2 Å². The van der Waals surface area contributed by atoms with Gasteiger partial charge in [-0.25, -0.2) is 0 Å². The van der Waals surface area contributed by atoms with Crippen LogP contribution in [-0.4, -0.2) is 5.91 Å². The number of hydrogen-bond acceptors (Lipinski definition) is 4. The Morgan fingerprint density at radius 3 is 2.34 bits per heavy atom. The van der Waals surface area contributed by atoms with Crippen LogP contribution in [0.4, 0.5) is 5.69 Å². The highest BCUT2D eigenvalue weighted by molar-refractivity contribution is 6.35. The molecule has 0 aliphatic rings. The van der Waals surface area contributed by atoms with Crippen molar-refractivity contribution in [3.8, 4) is 17.6 Å². The van der Waals surface area contributed by atoms with Gasteiger partial charge in [0.1, 0.15) is 36.4 Å². The Balaban J connectivity index is 1.33. The molecule has 0 aliphatic heterocycles. The first kappa shape index (κ1) is 27.8. The molecule has 5 aromatic rings. The average molecular weight is 579 g/mol. The second-order valence-corrected chi connectivity index (χ2v) is 9.99. The van der Waals surface area contributed by atoms with Crippen molar-refractivity contribution in [1.29, 1.82) is 5.26 Å². The summed E-state index contributed by atoms with van der Waals surface area (Å²) in [6.07, 6.45) is 1.57. The minimum atomic E-state index is -0.531. The monoisotopic (exact) mass is 578 g/mol. The van der Waals surface area contributed by atoms with Crippen LogP contribution in [0.2, 0.25) is 10.0 Å². The van der Waals surface area contributed by atoms with Gasteiger partial charge in [-0.15, -0.1) is 0 Å². The first-order chi connectivity index (χ1) is 20.0. The number of nitriles is 1. The summed E-state index contributed by atoms with van der Waals surface area (Å²) in [5.41, 5.74) is 2.95. The van der Waals surface area contributed by atoms with Crippen molar-refractivity contribution in [2.45, 2.75) is 13.2 Å². The van der Waals surface area contributed by atoms with Crippen molar-refractivity contribution in [2.75, 3.05) is 5.32 Å². The van der Waals surface area contributed by atoms with Gasteiger partial charge in [-0.3, -0.25) is 4.79 Å². The molecule has 0 radical (unpaired) electrons. The Kier molecular flexibility index (Phi) is 8.85. The Morgan fingerprint density at radius 1 is 0.829 bits per heavy atom. The average Bonchev–Trinajstić information content (AvgIpc) is 3.00. The van der Waals surface area contributed by atoms with E-state index in [0.717, 1.165) is 21.9 Å². The maximum Gasteiger partial charge on any atom is 0.266 e. The highest BCUT2D eigenvalue weighted by Crippen LogP contribution is 2.31. The zero-order chi connectivity index (χ0) is 28.6. The smallest absolute Gasteiger partial charge is 0.266 e. The Morgan fingerprint density at radius 2 is 1.59 bits per heavy atom. The van der Waals surface area contributed by atoms with Crippen LogP contribution in [0, 0.1) is 11.3 Å². The molecular weight excluding hydrogens is 555 g/mol. The van der Waals surface area contributed by atoms with E-state index in [1.165, 1.54) is 0 Å². The number of hydrogen-bond donors (Lipinski definition) is 1. The summed E-state index contributed by atoms with van der Waals surface area (Å²) in [4.78, 5) is 13.1. The van der Waals surface area contributed by atoms with Gasteiger partial charge in [0.2, 0.25) is 0 Å². The van der Waals surface area contributed by atoms with Crippen molar-refractivity contribution in [3.63, 3.8) is 0 Å². The lowest BCUT2D eigenvalue weighted by atomic mass is 10.0.